The number of anilines is 1. The molecule has 2 aliphatic heterocycles. The van der Waals surface area contributed by atoms with Gasteiger partial charge in [0.25, 0.3) is 0 Å². The van der Waals surface area contributed by atoms with E-state index in [0.29, 0.717) is 22.3 Å². The molecule has 3 aliphatic rings. The fourth-order valence-electron chi connectivity index (χ4n) is 6.76. The monoisotopic (exact) mass is 577 g/mol. The van der Waals surface area contributed by atoms with Gasteiger partial charge < -0.3 is 4.90 Å². The highest BCUT2D eigenvalue weighted by molar-refractivity contribution is 9.10. The van der Waals surface area contributed by atoms with Crippen LogP contribution in [0.1, 0.15) is 48.1 Å². The highest BCUT2D eigenvalue weighted by Crippen LogP contribution is 2.61. The zero-order valence-electron chi connectivity index (χ0n) is 20.6. The predicted molar refractivity (Wildman–Crippen MR) is 151 cm³/mol. The Morgan fingerprint density at radius 3 is 2.13 bits per heavy atom. The van der Waals surface area contributed by atoms with Crippen molar-refractivity contribution in [3.8, 4) is 0 Å². The van der Waals surface area contributed by atoms with Crippen molar-refractivity contribution < 1.29 is 18.8 Å². The summed E-state index contributed by atoms with van der Waals surface area (Å²) in [5.41, 5.74) is 1.81. The molecule has 0 bridgehead atoms. The van der Waals surface area contributed by atoms with Crippen molar-refractivity contribution >= 4 is 45.0 Å². The van der Waals surface area contributed by atoms with Crippen LogP contribution in [-0.2, 0) is 0 Å². The first-order valence-corrected chi connectivity index (χ1v) is 13.5. The van der Waals surface area contributed by atoms with E-state index in [1.54, 1.807) is 60.7 Å². The van der Waals surface area contributed by atoms with Crippen LogP contribution in [0.25, 0.3) is 6.08 Å². The molecule has 4 nitrogen and oxygen atoms in total. The highest BCUT2D eigenvalue weighted by Gasteiger charge is 2.71. The first-order chi connectivity index (χ1) is 18.9. The normalized spacial score (nSPS) is 22.1. The lowest BCUT2D eigenvalue weighted by Crippen LogP contribution is -2.48. The number of fused-ring (bicyclic) bond motifs is 5. The lowest BCUT2D eigenvalue weighted by molar-refractivity contribution is 0.0666. The highest BCUT2D eigenvalue weighted by atomic mass is 79.9. The van der Waals surface area contributed by atoms with Gasteiger partial charge in [-0.2, -0.15) is 0 Å². The number of carbonyl (C=O) groups excluding carboxylic acids is 3. The molecule has 6 heteroatoms. The molecule has 4 aromatic carbocycles. The summed E-state index contributed by atoms with van der Waals surface area (Å²) in [6, 6.07) is 25.8. The zero-order chi connectivity index (χ0) is 26.9. The fraction of sp³-hybridized carbons (Fsp3) is 0.121. The summed E-state index contributed by atoms with van der Waals surface area (Å²) in [7, 11) is 0. The van der Waals surface area contributed by atoms with E-state index in [0.717, 1.165) is 15.7 Å². The number of ketones is 3. The average Bonchev–Trinajstić information content (AvgIpc) is 3.39. The molecule has 0 saturated carbocycles. The summed E-state index contributed by atoms with van der Waals surface area (Å²) < 4.78 is 15.0. The van der Waals surface area contributed by atoms with Gasteiger partial charge in [0.1, 0.15) is 17.3 Å². The van der Waals surface area contributed by atoms with Crippen molar-refractivity contribution in [2.45, 2.75) is 18.0 Å². The lowest BCUT2D eigenvalue weighted by atomic mass is 9.64. The quantitative estimate of drug-likeness (QED) is 0.196. The van der Waals surface area contributed by atoms with Gasteiger partial charge in [-0.3, -0.25) is 14.4 Å². The minimum absolute atomic E-state index is 0.201. The van der Waals surface area contributed by atoms with Crippen molar-refractivity contribution in [1.29, 1.82) is 0 Å². The molecule has 3 unspecified atom stereocenters. The van der Waals surface area contributed by atoms with E-state index in [9.17, 15) is 18.8 Å². The van der Waals surface area contributed by atoms with Gasteiger partial charge in [0.2, 0.25) is 0 Å². The molecule has 3 atom stereocenters. The van der Waals surface area contributed by atoms with Crippen LogP contribution in [0.15, 0.2) is 108 Å². The molecular weight excluding hydrogens is 557 g/mol. The topological polar surface area (TPSA) is 54.5 Å². The smallest absolute Gasteiger partial charge is 0.185 e. The molecule has 0 amide bonds. The number of rotatable bonds is 3. The molecular formula is C33H21BrFNO3. The van der Waals surface area contributed by atoms with Crippen molar-refractivity contribution in [2.75, 3.05) is 4.90 Å². The second-order valence-electron chi connectivity index (χ2n) is 10.2. The first-order valence-electron chi connectivity index (χ1n) is 12.7. The Morgan fingerprint density at radius 1 is 0.821 bits per heavy atom. The number of carbonyl (C=O) groups is 3. The molecule has 1 fully saturated rings. The Morgan fingerprint density at radius 2 is 1.46 bits per heavy atom. The Hall–Kier alpha value is -4.16. The molecule has 39 heavy (non-hydrogen) atoms. The molecule has 2 heterocycles. The van der Waals surface area contributed by atoms with E-state index in [4.69, 9.17) is 0 Å². The first kappa shape index (κ1) is 23.9. The van der Waals surface area contributed by atoms with E-state index in [1.165, 1.54) is 12.1 Å². The van der Waals surface area contributed by atoms with Crippen LogP contribution >= 0.6 is 15.9 Å². The summed E-state index contributed by atoms with van der Waals surface area (Å²) in [4.78, 5) is 45.5. The van der Waals surface area contributed by atoms with Crippen LogP contribution in [0, 0.1) is 11.2 Å². The third-order valence-electron chi connectivity index (χ3n) is 8.32. The number of benzene rings is 4. The Bertz CT molecular complexity index is 1680. The summed E-state index contributed by atoms with van der Waals surface area (Å²) >= 11 is 3.53. The van der Waals surface area contributed by atoms with Crippen molar-refractivity contribution in [3.05, 3.63) is 141 Å². The average molecular weight is 578 g/mol. The minimum Gasteiger partial charge on any atom is -0.352 e. The Kier molecular flexibility index (Phi) is 5.32. The largest absolute Gasteiger partial charge is 0.352 e. The van der Waals surface area contributed by atoms with Crippen LogP contribution in [0.2, 0.25) is 0 Å². The van der Waals surface area contributed by atoms with Crippen LogP contribution in [0.3, 0.4) is 0 Å². The fourth-order valence-corrected chi connectivity index (χ4v) is 7.14. The Balaban J connectivity index is 1.55. The molecule has 0 radical (unpaired) electrons. The number of Topliss-reactive ketones (excluding diaryl/α,β-unsaturated/α-hetero) is 3. The van der Waals surface area contributed by atoms with Gasteiger partial charge in [0.15, 0.2) is 17.3 Å². The molecule has 4 aromatic rings. The van der Waals surface area contributed by atoms with E-state index < -0.39 is 29.2 Å². The van der Waals surface area contributed by atoms with Gasteiger partial charge in [0, 0.05) is 32.8 Å². The van der Waals surface area contributed by atoms with Crippen molar-refractivity contribution in [1.82, 2.24) is 0 Å². The third kappa shape index (κ3) is 3.24. The predicted octanol–water partition coefficient (Wildman–Crippen LogP) is 6.90. The van der Waals surface area contributed by atoms with Gasteiger partial charge in [0.05, 0.1) is 6.04 Å². The molecule has 1 spiro atoms. The molecule has 1 saturated heterocycles. The SMILES string of the molecule is O=C(c1ccccc1)C1C(c2ccc(F)cc2)C2(C(=O)c3ccccc3C2=O)C2C=Cc3cc(Br)ccc3N12. The van der Waals surface area contributed by atoms with Gasteiger partial charge in [-0.05, 0) is 41.5 Å². The lowest BCUT2D eigenvalue weighted by Gasteiger charge is -2.37. The van der Waals surface area contributed by atoms with Gasteiger partial charge in [-0.1, -0.05) is 94.8 Å². The molecule has 0 N–H and O–H groups in total. The number of halogens is 2. The van der Waals surface area contributed by atoms with Gasteiger partial charge in [-0.15, -0.1) is 0 Å². The maximum atomic E-state index is 14.5. The molecule has 0 aromatic heterocycles. The number of hydrogen-bond acceptors (Lipinski definition) is 4. The third-order valence-corrected chi connectivity index (χ3v) is 8.82. The number of nitrogens with zero attached hydrogens (tertiary/aromatic N) is 1. The summed E-state index contributed by atoms with van der Waals surface area (Å²) in [5.74, 6) is -2.10. The zero-order valence-corrected chi connectivity index (χ0v) is 22.1. The van der Waals surface area contributed by atoms with E-state index >= 15 is 0 Å². The van der Waals surface area contributed by atoms with Crippen LogP contribution in [0.4, 0.5) is 10.1 Å². The second-order valence-corrected chi connectivity index (χ2v) is 11.1. The molecule has 190 valence electrons. The summed E-state index contributed by atoms with van der Waals surface area (Å²) in [6.07, 6.45) is 3.80. The summed E-state index contributed by atoms with van der Waals surface area (Å²) in [6.45, 7) is 0. The van der Waals surface area contributed by atoms with Crippen molar-refractivity contribution in [2.24, 2.45) is 5.41 Å². The van der Waals surface area contributed by atoms with E-state index in [1.807, 2.05) is 41.3 Å². The molecule has 1 aliphatic carbocycles. The summed E-state index contributed by atoms with van der Waals surface area (Å²) in [5, 5.41) is 0. The number of hydrogen-bond donors (Lipinski definition) is 0. The van der Waals surface area contributed by atoms with Gasteiger partial charge in [-0.25, -0.2) is 4.39 Å². The van der Waals surface area contributed by atoms with Crippen LogP contribution in [-0.4, -0.2) is 29.4 Å². The maximum absolute atomic E-state index is 14.5. The van der Waals surface area contributed by atoms with Crippen LogP contribution in [0.5, 0.6) is 0 Å². The van der Waals surface area contributed by atoms with Gasteiger partial charge >= 0.3 is 0 Å². The Labute approximate surface area is 232 Å². The second kappa shape index (κ2) is 8.68. The molecule has 7 rings (SSSR count). The minimum atomic E-state index is -1.60. The standard InChI is InChI=1S/C33H21BrFNO3/c34-22-13-16-26-21(18-22)12-17-27-33(31(38)24-8-4-5-9-25(24)32(33)39)28(19-10-14-23(35)15-11-19)29(36(26)27)30(37)20-6-2-1-3-7-20/h1-18,27-29H. The maximum Gasteiger partial charge on any atom is 0.185 e. The van der Waals surface area contributed by atoms with Crippen LogP contribution < -0.4 is 4.90 Å². The van der Waals surface area contributed by atoms with E-state index in [2.05, 4.69) is 15.9 Å². The van der Waals surface area contributed by atoms with Crippen molar-refractivity contribution in [3.63, 3.8) is 0 Å². The van der Waals surface area contributed by atoms with E-state index in [-0.39, 0.29) is 17.3 Å².